The molecule has 0 saturated carbocycles. The molecule has 9 heavy (non-hydrogen) atoms. The van der Waals surface area contributed by atoms with E-state index < -0.39 is 0 Å². The van der Waals surface area contributed by atoms with Crippen molar-refractivity contribution in [2.75, 3.05) is 0 Å². The van der Waals surface area contributed by atoms with E-state index in [1.165, 1.54) is 0 Å². The summed E-state index contributed by atoms with van der Waals surface area (Å²) in [4.78, 5) is 20.7. The van der Waals surface area contributed by atoms with Gasteiger partial charge in [-0.05, 0) is 6.42 Å². The van der Waals surface area contributed by atoms with Crippen molar-refractivity contribution in [3.8, 4) is 0 Å². The monoisotopic (exact) mass is 136 g/mol. The van der Waals surface area contributed by atoms with Crippen molar-refractivity contribution in [1.29, 1.82) is 0 Å². The van der Waals surface area contributed by atoms with Crippen LogP contribution in [-0.2, 0) is 9.59 Å². The first-order valence-electron chi connectivity index (χ1n) is 2.62. The molecule has 1 saturated heterocycles. The Morgan fingerprint density at radius 2 is 1.56 bits per heavy atom. The molecule has 0 atom stereocenters. The minimum atomic E-state index is -0.138. The summed E-state index contributed by atoms with van der Waals surface area (Å²) in [5, 5.41) is 2.20. The molecule has 1 heterocycles. The topological polar surface area (TPSA) is 46.2 Å². The van der Waals surface area contributed by atoms with Gasteiger partial charge in [-0.3, -0.25) is 14.9 Å². The minimum absolute atomic E-state index is 0. The molecule has 1 radical (unpaired) electrons. The fourth-order valence-corrected chi connectivity index (χ4v) is 0.690. The second-order valence-corrected chi connectivity index (χ2v) is 1.82. The maximum Gasteiger partial charge on any atom is 0.226 e. The van der Waals surface area contributed by atoms with Crippen LogP contribution in [0.2, 0.25) is 0 Å². The number of amides is 2. The van der Waals surface area contributed by atoms with Crippen molar-refractivity contribution < 1.29 is 9.59 Å². The van der Waals surface area contributed by atoms with Crippen LogP contribution in [0.1, 0.15) is 19.3 Å². The van der Waals surface area contributed by atoms with Crippen LogP contribution in [0.15, 0.2) is 0 Å². The van der Waals surface area contributed by atoms with Gasteiger partial charge in [0.2, 0.25) is 11.8 Å². The number of rotatable bonds is 0. The quantitative estimate of drug-likeness (QED) is 0.358. The van der Waals surface area contributed by atoms with Crippen molar-refractivity contribution in [2.45, 2.75) is 19.3 Å². The molecular weight excluding hydrogens is 129 g/mol. The second kappa shape index (κ2) is 4.04. The molecule has 1 aliphatic heterocycles. The summed E-state index contributed by atoms with van der Waals surface area (Å²) in [6, 6.07) is 0. The Labute approximate surface area is 75.5 Å². The van der Waals surface area contributed by atoms with Gasteiger partial charge in [-0.25, -0.2) is 0 Å². The third kappa shape index (κ3) is 2.98. The number of carbonyl (C=O) groups is 2. The molecule has 0 bridgehead atoms. The van der Waals surface area contributed by atoms with Gasteiger partial charge in [-0.2, -0.15) is 0 Å². The molecule has 0 unspecified atom stereocenters. The zero-order chi connectivity index (χ0) is 5.98. The van der Waals surface area contributed by atoms with Gasteiger partial charge in [0.25, 0.3) is 0 Å². The number of imide groups is 1. The maximum absolute atomic E-state index is 10.3. The van der Waals surface area contributed by atoms with Crippen LogP contribution in [0.3, 0.4) is 0 Å². The van der Waals surface area contributed by atoms with Gasteiger partial charge in [-0.15, -0.1) is 0 Å². The Bertz CT molecular complexity index is 121. The first-order valence-corrected chi connectivity index (χ1v) is 2.62. The molecule has 0 aromatic carbocycles. The number of nitrogens with one attached hydrogen (secondary N) is 1. The third-order valence-electron chi connectivity index (χ3n) is 1.09. The SMILES string of the molecule is O=C1CCCC(=O)N1.[Na]. The van der Waals surface area contributed by atoms with E-state index >= 15 is 0 Å². The van der Waals surface area contributed by atoms with Gasteiger partial charge in [0.1, 0.15) is 0 Å². The van der Waals surface area contributed by atoms with E-state index in [2.05, 4.69) is 5.32 Å². The molecule has 0 aromatic heterocycles. The van der Waals surface area contributed by atoms with E-state index in [1.807, 2.05) is 0 Å². The Morgan fingerprint density at radius 3 is 1.78 bits per heavy atom. The number of hydrogen-bond acceptors (Lipinski definition) is 2. The van der Waals surface area contributed by atoms with Crippen LogP contribution in [0.25, 0.3) is 0 Å². The first kappa shape index (κ1) is 9.14. The zero-order valence-corrected chi connectivity index (χ0v) is 7.44. The maximum atomic E-state index is 10.3. The molecule has 1 fully saturated rings. The van der Waals surface area contributed by atoms with Crippen LogP contribution in [0.4, 0.5) is 0 Å². The fourth-order valence-electron chi connectivity index (χ4n) is 0.690. The van der Waals surface area contributed by atoms with Gasteiger partial charge in [0, 0.05) is 42.4 Å². The van der Waals surface area contributed by atoms with Crippen LogP contribution in [0, 0.1) is 0 Å². The molecule has 1 rings (SSSR count). The molecule has 3 nitrogen and oxygen atoms in total. The van der Waals surface area contributed by atoms with Crippen LogP contribution in [-0.4, -0.2) is 41.4 Å². The van der Waals surface area contributed by atoms with Gasteiger partial charge >= 0.3 is 0 Å². The standard InChI is InChI=1S/C5H7NO2.Na/c7-4-2-1-3-5(8)6-4;/h1-3H2,(H,6,7,8);. The second-order valence-electron chi connectivity index (χ2n) is 1.82. The average Bonchev–Trinajstić information content (AvgIpc) is 1.64. The van der Waals surface area contributed by atoms with Crippen molar-refractivity contribution in [3.05, 3.63) is 0 Å². The smallest absolute Gasteiger partial charge is 0.226 e. The summed E-state index contributed by atoms with van der Waals surface area (Å²) in [5.74, 6) is -0.275. The number of piperidine rings is 1. The van der Waals surface area contributed by atoms with E-state index in [0.29, 0.717) is 19.3 Å². The molecule has 0 spiro atoms. The summed E-state index contributed by atoms with van der Waals surface area (Å²) in [7, 11) is 0. The summed E-state index contributed by atoms with van der Waals surface area (Å²) in [6.45, 7) is 0. The number of carbonyl (C=O) groups excluding carboxylic acids is 2. The number of hydrogen-bond donors (Lipinski definition) is 1. The van der Waals surface area contributed by atoms with Gasteiger partial charge in [0.15, 0.2) is 0 Å². The fraction of sp³-hybridized carbons (Fsp3) is 0.600. The first-order chi connectivity index (χ1) is 3.79. The van der Waals surface area contributed by atoms with Crippen molar-refractivity contribution in [1.82, 2.24) is 5.32 Å². The predicted molar refractivity (Wildman–Crippen MR) is 32.8 cm³/mol. The molecule has 0 aromatic rings. The van der Waals surface area contributed by atoms with Gasteiger partial charge in [0.05, 0.1) is 0 Å². The van der Waals surface area contributed by atoms with E-state index in [0.717, 1.165) is 0 Å². The molecule has 2 amide bonds. The molecule has 1 N–H and O–H groups in total. The molecule has 1 aliphatic rings. The Morgan fingerprint density at radius 1 is 1.11 bits per heavy atom. The Kier molecular flexibility index (Phi) is 4.10. The van der Waals surface area contributed by atoms with Crippen molar-refractivity contribution in [3.63, 3.8) is 0 Å². The molecular formula is C5H7NNaO2. The summed E-state index contributed by atoms with van der Waals surface area (Å²) in [5.41, 5.74) is 0. The van der Waals surface area contributed by atoms with Crippen LogP contribution in [0.5, 0.6) is 0 Å². The summed E-state index contributed by atoms with van der Waals surface area (Å²) >= 11 is 0. The van der Waals surface area contributed by atoms with E-state index in [-0.39, 0.29) is 41.4 Å². The van der Waals surface area contributed by atoms with E-state index in [9.17, 15) is 9.59 Å². The minimum Gasteiger partial charge on any atom is -0.296 e. The average molecular weight is 136 g/mol. The Hall–Kier alpha value is 0.140. The van der Waals surface area contributed by atoms with Crippen molar-refractivity contribution in [2.24, 2.45) is 0 Å². The normalized spacial score (nSPS) is 18.2. The van der Waals surface area contributed by atoms with Crippen LogP contribution >= 0.6 is 0 Å². The molecule has 4 heteroatoms. The zero-order valence-electron chi connectivity index (χ0n) is 5.44. The van der Waals surface area contributed by atoms with Crippen molar-refractivity contribution >= 4 is 41.4 Å². The van der Waals surface area contributed by atoms with E-state index in [1.54, 1.807) is 0 Å². The third-order valence-corrected chi connectivity index (χ3v) is 1.09. The largest absolute Gasteiger partial charge is 0.296 e. The molecule has 45 valence electrons. The van der Waals surface area contributed by atoms with Gasteiger partial charge < -0.3 is 0 Å². The van der Waals surface area contributed by atoms with Gasteiger partial charge in [-0.1, -0.05) is 0 Å². The molecule has 0 aliphatic carbocycles. The summed E-state index contributed by atoms with van der Waals surface area (Å²) in [6.07, 6.45) is 1.72. The van der Waals surface area contributed by atoms with E-state index in [4.69, 9.17) is 0 Å². The summed E-state index contributed by atoms with van der Waals surface area (Å²) < 4.78 is 0. The predicted octanol–water partition coefficient (Wildman–Crippen LogP) is -0.568. The van der Waals surface area contributed by atoms with Crippen LogP contribution < -0.4 is 5.32 Å². The Balaban J connectivity index is 0.000000640.